The van der Waals surface area contributed by atoms with E-state index in [-0.39, 0.29) is 28.9 Å². The molecule has 0 bridgehead atoms. The van der Waals surface area contributed by atoms with E-state index in [2.05, 4.69) is 35.2 Å². The van der Waals surface area contributed by atoms with Crippen molar-refractivity contribution in [1.82, 2.24) is 15.3 Å². The first-order valence-corrected chi connectivity index (χ1v) is 14.6. The largest absolute Gasteiger partial charge is 0.488 e. The van der Waals surface area contributed by atoms with Crippen LogP contribution in [0.2, 0.25) is 0 Å². The predicted molar refractivity (Wildman–Crippen MR) is 166 cm³/mol. The van der Waals surface area contributed by atoms with E-state index in [0.29, 0.717) is 43.3 Å². The first kappa shape index (κ1) is 29.4. The third kappa shape index (κ3) is 6.80. The number of furan rings is 1. The third-order valence-corrected chi connectivity index (χ3v) is 7.29. The Labute approximate surface area is 259 Å². The zero-order valence-corrected chi connectivity index (χ0v) is 24.9. The number of aromatic nitrogens is 3. The maximum Gasteiger partial charge on any atom is 0.293 e. The van der Waals surface area contributed by atoms with E-state index in [4.69, 9.17) is 28.7 Å². The maximum atomic E-state index is 12.3. The molecule has 6 rings (SSSR count). The molecule has 1 amide bonds. The minimum absolute atomic E-state index is 0.0788. The first-order valence-electron chi connectivity index (χ1n) is 14.6. The quantitative estimate of drug-likeness (QED) is 0.145. The molecule has 0 unspecified atom stereocenters. The van der Waals surface area contributed by atoms with Crippen molar-refractivity contribution >= 4 is 5.91 Å². The topological polar surface area (TPSA) is 140 Å². The lowest BCUT2D eigenvalue weighted by Crippen LogP contribution is -2.13. The van der Waals surface area contributed by atoms with Gasteiger partial charge in [-0.25, -0.2) is 0 Å². The van der Waals surface area contributed by atoms with Crippen molar-refractivity contribution in [2.24, 2.45) is 5.73 Å². The number of rotatable bonds is 13. The van der Waals surface area contributed by atoms with Crippen LogP contribution in [-0.2, 0) is 26.1 Å². The van der Waals surface area contributed by atoms with Gasteiger partial charge in [0, 0.05) is 12.5 Å². The van der Waals surface area contributed by atoms with E-state index in [9.17, 15) is 4.79 Å². The van der Waals surface area contributed by atoms with Gasteiger partial charge in [0.15, 0.2) is 11.5 Å². The monoisotopic (exact) mass is 604 g/mol. The normalized spacial score (nSPS) is 11.2. The molecule has 10 heteroatoms. The summed E-state index contributed by atoms with van der Waals surface area (Å²) in [5.74, 6) is 1.92. The number of benzene rings is 3. The number of nitrogens with zero attached hydrogens (tertiary/aromatic N) is 3. The van der Waals surface area contributed by atoms with Gasteiger partial charge in [0.05, 0.1) is 11.8 Å². The van der Waals surface area contributed by atoms with Crippen LogP contribution in [0, 0.1) is 0 Å². The van der Waals surface area contributed by atoms with Crippen molar-refractivity contribution in [2.45, 2.75) is 45.8 Å². The number of aryl methyl sites for hydroxylation is 2. The molecule has 0 aliphatic heterocycles. The van der Waals surface area contributed by atoms with Crippen LogP contribution in [-0.4, -0.2) is 21.2 Å². The molecule has 6 aromatic rings. The van der Waals surface area contributed by atoms with Gasteiger partial charge in [0.2, 0.25) is 5.82 Å². The molecule has 0 spiro atoms. The van der Waals surface area contributed by atoms with Gasteiger partial charge in [-0.2, -0.15) is 4.98 Å². The molecule has 3 heterocycles. The second-order valence-corrected chi connectivity index (χ2v) is 10.8. The average molecular weight is 605 g/mol. The van der Waals surface area contributed by atoms with Crippen LogP contribution in [0.5, 0.6) is 11.5 Å². The highest BCUT2D eigenvalue weighted by molar-refractivity contribution is 5.97. The molecule has 0 aliphatic carbocycles. The van der Waals surface area contributed by atoms with Gasteiger partial charge in [0.25, 0.3) is 11.8 Å². The fourth-order valence-electron chi connectivity index (χ4n) is 4.97. The highest BCUT2D eigenvalue weighted by atomic mass is 16.5. The number of carbonyl (C=O) groups excluding carboxylic acids is 1. The molecule has 10 nitrogen and oxygen atoms in total. The molecule has 228 valence electrons. The highest BCUT2D eigenvalue weighted by Gasteiger charge is 2.27. The Morgan fingerprint density at radius 2 is 1.51 bits per heavy atom. The molecular weight excluding hydrogens is 572 g/mol. The third-order valence-electron chi connectivity index (χ3n) is 7.29. The highest BCUT2D eigenvalue weighted by Crippen LogP contribution is 2.36. The Hall–Kier alpha value is -5.64. The Kier molecular flexibility index (Phi) is 8.72. The molecule has 3 aromatic carbocycles. The summed E-state index contributed by atoms with van der Waals surface area (Å²) in [6.45, 7) is 5.06. The van der Waals surface area contributed by atoms with Gasteiger partial charge < -0.3 is 28.7 Å². The zero-order chi connectivity index (χ0) is 31.2. The van der Waals surface area contributed by atoms with Crippen molar-refractivity contribution in [2.75, 3.05) is 0 Å². The SMILES string of the molecule is CC(C)c1cc(CCc2onc(C(N)=O)c2-c2noc(-c3ccco3)n2)c(OCc2ccccc2)cc1OCc1ccccc1. The van der Waals surface area contributed by atoms with Crippen LogP contribution in [0.4, 0.5) is 0 Å². The number of hydrogen-bond acceptors (Lipinski definition) is 9. The minimum atomic E-state index is -0.766. The van der Waals surface area contributed by atoms with E-state index in [0.717, 1.165) is 28.0 Å². The van der Waals surface area contributed by atoms with Crippen molar-refractivity contribution in [3.8, 4) is 34.5 Å². The lowest BCUT2D eigenvalue weighted by molar-refractivity contribution is 0.0992. The summed E-state index contributed by atoms with van der Waals surface area (Å²) < 4.78 is 29.1. The van der Waals surface area contributed by atoms with Gasteiger partial charge >= 0.3 is 0 Å². The van der Waals surface area contributed by atoms with Gasteiger partial charge in [-0.15, -0.1) is 0 Å². The molecule has 0 atom stereocenters. The lowest BCUT2D eigenvalue weighted by atomic mass is 9.96. The summed E-state index contributed by atoms with van der Waals surface area (Å²) in [4.78, 5) is 16.7. The van der Waals surface area contributed by atoms with Gasteiger partial charge in [0.1, 0.15) is 30.5 Å². The van der Waals surface area contributed by atoms with Crippen LogP contribution in [0.25, 0.3) is 23.0 Å². The van der Waals surface area contributed by atoms with Crippen molar-refractivity contribution in [3.63, 3.8) is 0 Å². The Morgan fingerprint density at radius 3 is 2.13 bits per heavy atom. The van der Waals surface area contributed by atoms with E-state index < -0.39 is 5.91 Å². The van der Waals surface area contributed by atoms with E-state index in [1.165, 1.54) is 6.26 Å². The second-order valence-electron chi connectivity index (χ2n) is 10.8. The number of amides is 1. The van der Waals surface area contributed by atoms with Crippen molar-refractivity contribution in [3.05, 3.63) is 125 Å². The van der Waals surface area contributed by atoms with E-state index in [1.807, 2.05) is 66.7 Å². The molecular formula is C35H32N4O6. The van der Waals surface area contributed by atoms with Gasteiger partial charge in [-0.1, -0.05) is 84.8 Å². The number of carbonyl (C=O) groups is 1. The fourth-order valence-corrected chi connectivity index (χ4v) is 4.97. The van der Waals surface area contributed by atoms with Gasteiger partial charge in [-0.05, 0) is 52.8 Å². The van der Waals surface area contributed by atoms with Crippen molar-refractivity contribution < 1.29 is 27.7 Å². The van der Waals surface area contributed by atoms with E-state index >= 15 is 0 Å². The van der Waals surface area contributed by atoms with Crippen molar-refractivity contribution in [1.29, 1.82) is 0 Å². The predicted octanol–water partition coefficient (Wildman–Crippen LogP) is 7.15. The molecule has 45 heavy (non-hydrogen) atoms. The Morgan fingerprint density at radius 1 is 0.822 bits per heavy atom. The summed E-state index contributed by atoms with van der Waals surface area (Å²) in [6.07, 6.45) is 2.34. The summed E-state index contributed by atoms with van der Waals surface area (Å²) in [5.41, 5.74) is 9.93. The molecule has 0 aliphatic rings. The number of hydrogen-bond donors (Lipinski definition) is 1. The summed E-state index contributed by atoms with van der Waals surface area (Å²) in [7, 11) is 0. The lowest BCUT2D eigenvalue weighted by Gasteiger charge is -2.20. The Bertz CT molecular complexity index is 1860. The smallest absolute Gasteiger partial charge is 0.293 e. The summed E-state index contributed by atoms with van der Waals surface area (Å²) in [5, 5.41) is 8.00. The standard InChI is InChI=1S/C35H32N4O6/c1-22(2)26-18-25(29(42-20-23-10-5-3-6-11-23)19-30(26)43-21-24-12-7-4-8-13-24)15-16-27-31(32(33(36)40)38-44-27)34-37-35(45-39-34)28-14-9-17-41-28/h3-14,17-19,22H,15-16,20-21H2,1-2H3,(H2,36,40). The second kappa shape index (κ2) is 13.3. The molecule has 0 radical (unpaired) electrons. The number of primary amides is 1. The summed E-state index contributed by atoms with van der Waals surface area (Å²) >= 11 is 0. The number of ether oxygens (including phenoxy) is 2. The zero-order valence-electron chi connectivity index (χ0n) is 24.9. The molecule has 2 N–H and O–H groups in total. The molecule has 0 saturated heterocycles. The Balaban J connectivity index is 1.32. The van der Waals surface area contributed by atoms with Crippen LogP contribution in [0.1, 0.15) is 58.3 Å². The van der Waals surface area contributed by atoms with Crippen LogP contribution in [0.15, 0.2) is 105 Å². The summed E-state index contributed by atoms with van der Waals surface area (Å²) in [6, 6.07) is 27.5. The van der Waals surface area contributed by atoms with Crippen LogP contribution in [0.3, 0.4) is 0 Å². The van der Waals surface area contributed by atoms with Crippen LogP contribution < -0.4 is 15.2 Å². The van der Waals surface area contributed by atoms with Crippen LogP contribution >= 0.6 is 0 Å². The molecule has 3 aromatic heterocycles. The maximum absolute atomic E-state index is 12.3. The van der Waals surface area contributed by atoms with E-state index in [1.54, 1.807) is 12.1 Å². The molecule has 0 fully saturated rings. The fraction of sp³-hybridized carbons (Fsp3) is 0.200. The van der Waals surface area contributed by atoms with Gasteiger partial charge in [-0.3, -0.25) is 4.79 Å². The number of nitrogens with two attached hydrogens (primary N) is 1. The molecule has 0 saturated carbocycles. The average Bonchev–Trinajstić information content (AvgIpc) is 3.84. The first-order chi connectivity index (χ1) is 22.0. The minimum Gasteiger partial charge on any atom is -0.488 e.